The fraction of sp³-hybridized carbons (Fsp3) is 0.0833. The van der Waals surface area contributed by atoms with Crippen molar-refractivity contribution < 1.29 is 14.6 Å². The maximum absolute atomic E-state index is 11.9. The van der Waals surface area contributed by atoms with E-state index in [2.05, 4.69) is 21.2 Å². The van der Waals surface area contributed by atoms with Gasteiger partial charge < -0.3 is 15.2 Å². The molecule has 18 heavy (non-hydrogen) atoms. The molecule has 0 aliphatic heterocycles. The van der Waals surface area contributed by atoms with Crippen molar-refractivity contribution in [2.75, 3.05) is 12.4 Å². The minimum Gasteiger partial charge on any atom is -0.504 e. The molecule has 0 spiro atoms. The van der Waals surface area contributed by atoms with Gasteiger partial charge >= 0.3 is 0 Å². The van der Waals surface area contributed by atoms with E-state index in [1.165, 1.54) is 24.5 Å². The largest absolute Gasteiger partial charge is 0.504 e. The predicted octanol–water partition coefficient (Wildman–Crippen LogP) is 3.48. The Morgan fingerprint density at radius 1 is 1.39 bits per heavy atom. The number of thiophene rings is 1. The molecule has 0 atom stereocenters. The Bertz CT molecular complexity index is 582. The fourth-order valence-corrected chi connectivity index (χ4v) is 2.68. The molecule has 0 saturated carbocycles. The number of aromatic hydroxyl groups is 1. The summed E-state index contributed by atoms with van der Waals surface area (Å²) in [5.74, 6) is 0.143. The lowest BCUT2D eigenvalue weighted by Gasteiger charge is -2.07. The van der Waals surface area contributed by atoms with E-state index in [1.54, 1.807) is 18.2 Å². The standard InChI is InChI=1S/C12H10BrNO3S/c1-17-9-3-2-7(6-8(9)15)14-12(16)10-4-5-11(13)18-10/h2-6,15H,1H3,(H,14,16). The number of carbonyl (C=O) groups is 1. The van der Waals surface area contributed by atoms with E-state index in [0.29, 0.717) is 16.3 Å². The topological polar surface area (TPSA) is 58.6 Å². The minimum atomic E-state index is -0.213. The summed E-state index contributed by atoms with van der Waals surface area (Å²) in [5.41, 5.74) is 0.517. The minimum absolute atomic E-state index is 0.0114. The molecule has 0 saturated heterocycles. The van der Waals surface area contributed by atoms with Gasteiger partial charge in [0.15, 0.2) is 11.5 Å². The highest BCUT2D eigenvalue weighted by Gasteiger charge is 2.10. The summed E-state index contributed by atoms with van der Waals surface area (Å²) < 4.78 is 5.82. The number of rotatable bonds is 3. The number of amides is 1. The smallest absolute Gasteiger partial charge is 0.265 e. The van der Waals surface area contributed by atoms with Crippen molar-refractivity contribution in [3.63, 3.8) is 0 Å². The first kappa shape index (κ1) is 12.9. The van der Waals surface area contributed by atoms with Crippen molar-refractivity contribution >= 4 is 38.9 Å². The first-order valence-corrected chi connectivity index (χ1v) is 6.65. The second-order valence-corrected chi connectivity index (χ2v) is 5.91. The van der Waals surface area contributed by atoms with Gasteiger partial charge in [0.05, 0.1) is 15.8 Å². The third kappa shape index (κ3) is 2.83. The molecular weight excluding hydrogens is 318 g/mol. The van der Waals surface area contributed by atoms with Gasteiger partial charge in [-0.2, -0.15) is 0 Å². The molecule has 94 valence electrons. The van der Waals surface area contributed by atoms with E-state index in [1.807, 2.05) is 6.07 Å². The van der Waals surface area contributed by atoms with Crippen LogP contribution in [-0.4, -0.2) is 18.1 Å². The number of methoxy groups -OCH3 is 1. The molecule has 6 heteroatoms. The molecule has 4 nitrogen and oxygen atoms in total. The summed E-state index contributed by atoms with van der Waals surface area (Å²) in [6.45, 7) is 0. The quantitative estimate of drug-likeness (QED) is 0.907. The predicted molar refractivity (Wildman–Crippen MR) is 74.6 cm³/mol. The highest BCUT2D eigenvalue weighted by Crippen LogP contribution is 2.29. The third-order valence-corrected chi connectivity index (χ3v) is 3.86. The molecule has 1 heterocycles. The Morgan fingerprint density at radius 3 is 2.72 bits per heavy atom. The number of nitrogens with one attached hydrogen (secondary N) is 1. The maximum Gasteiger partial charge on any atom is 0.265 e. The van der Waals surface area contributed by atoms with Crippen LogP contribution in [0.25, 0.3) is 0 Å². The van der Waals surface area contributed by atoms with E-state index in [-0.39, 0.29) is 11.7 Å². The maximum atomic E-state index is 11.9. The number of phenolic OH excluding ortho intramolecular Hbond substituents is 1. The molecule has 0 radical (unpaired) electrons. The van der Waals surface area contributed by atoms with Crippen LogP contribution in [0.3, 0.4) is 0 Å². The van der Waals surface area contributed by atoms with Crippen LogP contribution in [0.15, 0.2) is 34.1 Å². The average molecular weight is 328 g/mol. The van der Waals surface area contributed by atoms with Crippen molar-refractivity contribution in [2.45, 2.75) is 0 Å². The third-order valence-electron chi connectivity index (χ3n) is 2.23. The number of carbonyl (C=O) groups excluding carboxylic acids is 1. The molecule has 1 aromatic carbocycles. The van der Waals surface area contributed by atoms with Gasteiger partial charge in [0.2, 0.25) is 0 Å². The number of benzene rings is 1. The van der Waals surface area contributed by atoms with Crippen LogP contribution in [0, 0.1) is 0 Å². The summed E-state index contributed by atoms with van der Waals surface area (Å²) in [5, 5.41) is 12.3. The van der Waals surface area contributed by atoms with Crippen molar-refractivity contribution in [3.05, 3.63) is 39.0 Å². The Hall–Kier alpha value is -1.53. The molecule has 2 N–H and O–H groups in total. The Labute approximate surface area is 116 Å². The number of halogens is 1. The number of ether oxygens (including phenoxy) is 1. The Morgan fingerprint density at radius 2 is 2.17 bits per heavy atom. The first-order chi connectivity index (χ1) is 8.60. The summed E-state index contributed by atoms with van der Waals surface area (Å²) in [4.78, 5) is 12.5. The van der Waals surface area contributed by atoms with Gasteiger partial charge in [-0.05, 0) is 40.2 Å². The molecule has 2 aromatic rings. The number of hydrogen-bond acceptors (Lipinski definition) is 4. The summed E-state index contributed by atoms with van der Waals surface area (Å²) >= 11 is 4.64. The molecule has 0 aliphatic carbocycles. The second kappa shape index (κ2) is 5.41. The van der Waals surface area contributed by atoms with E-state index in [9.17, 15) is 9.90 Å². The van der Waals surface area contributed by atoms with E-state index >= 15 is 0 Å². The first-order valence-electron chi connectivity index (χ1n) is 5.04. The van der Waals surface area contributed by atoms with Gasteiger partial charge in [-0.3, -0.25) is 4.79 Å². The van der Waals surface area contributed by atoms with Gasteiger partial charge in [0.1, 0.15) is 0 Å². The SMILES string of the molecule is COc1ccc(NC(=O)c2ccc(Br)s2)cc1O. The molecular formula is C12H10BrNO3S. The van der Waals surface area contributed by atoms with Gasteiger partial charge in [-0.15, -0.1) is 11.3 Å². The van der Waals surface area contributed by atoms with Crippen molar-refractivity contribution in [1.82, 2.24) is 0 Å². The zero-order chi connectivity index (χ0) is 13.1. The molecule has 1 aromatic heterocycles. The monoisotopic (exact) mass is 327 g/mol. The Balaban J connectivity index is 2.14. The van der Waals surface area contributed by atoms with Crippen molar-refractivity contribution in [3.8, 4) is 11.5 Å². The normalized spacial score (nSPS) is 10.1. The molecule has 2 rings (SSSR count). The molecule has 1 amide bonds. The summed E-state index contributed by atoms with van der Waals surface area (Å²) in [6, 6.07) is 8.24. The molecule has 0 unspecified atom stereocenters. The van der Waals surface area contributed by atoms with Crippen LogP contribution in [-0.2, 0) is 0 Å². The van der Waals surface area contributed by atoms with Crippen LogP contribution in [0.2, 0.25) is 0 Å². The van der Waals surface area contributed by atoms with Crippen LogP contribution in [0.4, 0.5) is 5.69 Å². The lowest BCUT2D eigenvalue weighted by atomic mass is 10.2. The van der Waals surface area contributed by atoms with Gasteiger partial charge in [-0.1, -0.05) is 0 Å². The van der Waals surface area contributed by atoms with Crippen LogP contribution >= 0.6 is 27.3 Å². The molecule has 0 bridgehead atoms. The van der Waals surface area contributed by atoms with E-state index in [0.717, 1.165) is 3.79 Å². The zero-order valence-corrected chi connectivity index (χ0v) is 11.8. The zero-order valence-electron chi connectivity index (χ0n) is 9.44. The summed E-state index contributed by atoms with van der Waals surface area (Å²) in [7, 11) is 1.47. The highest BCUT2D eigenvalue weighted by molar-refractivity contribution is 9.11. The van der Waals surface area contributed by atoms with Crippen molar-refractivity contribution in [2.24, 2.45) is 0 Å². The van der Waals surface area contributed by atoms with E-state index < -0.39 is 0 Å². The van der Waals surface area contributed by atoms with E-state index in [4.69, 9.17) is 4.74 Å². The lowest BCUT2D eigenvalue weighted by molar-refractivity contribution is 0.103. The van der Waals surface area contributed by atoms with Gasteiger partial charge in [-0.25, -0.2) is 0 Å². The number of anilines is 1. The van der Waals surface area contributed by atoms with Crippen LogP contribution in [0.5, 0.6) is 11.5 Å². The lowest BCUT2D eigenvalue weighted by Crippen LogP contribution is -2.09. The fourth-order valence-electron chi connectivity index (χ4n) is 1.40. The van der Waals surface area contributed by atoms with Crippen LogP contribution < -0.4 is 10.1 Å². The molecule has 0 aliphatic rings. The van der Waals surface area contributed by atoms with Gasteiger partial charge in [0.25, 0.3) is 5.91 Å². The number of hydrogen-bond donors (Lipinski definition) is 2. The second-order valence-electron chi connectivity index (χ2n) is 3.44. The number of phenols is 1. The average Bonchev–Trinajstić information content (AvgIpc) is 2.76. The Kier molecular flexibility index (Phi) is 3.88. The van der Waals surface area contributed by atoms with Crippen molar-refractivity contribution in [1.29, 1.82) is 0 Å². The van der Waals surface area contributed by atoms with Crippen LogP contribution in [0.1, 0.15) is 9.67 Å². The molecule has 0 fully saturated rings. The highest BCUT2D eigenvalue weighted by atomic mass is 79.9. The summed E-state index contributed by atoms with van der Waals surface area (Å²) in [6.07, 6.45) is 0. The van der Waals surface area contributed by atoms with Gasteiger partial charge in [0, 0.05) is 11.8 Å².